The van der Waals surface area contributed by atoms with Crippen LogP contribution in [0.2, 0.25) is 0 Å². The Morgan fingerprint density at radius 1 is 1.54 bits per heavy atom. The quantitative estimate of drug-likeness (QED) is 0.707. The predicted octanol–water partition coefficient (Wildman–Crippen LogP) is 1.88. The summed E-state index contributed by atoms with van der Waals surface area (Å²) in [7, 11) is 0. The van der Waals surface area contributed by atoms with Gasteiger partial charge in [-0.15, -0.1) is 0 Å². The van der Waals surface area contributed by atoms with Crippen LogP contribution in [0, 0.1) is 5.92 Å². The van der Waals surface area contributed by atoms with Gasteiger partial charge in [0.05, 0.1) is 13.2 Å². The average Bonchev–Trinajstić information content (AvgIpc) is 2.90. The zero-order chi connectivity index (χ0) is 9.31. The Kier molecular flexibility index (Phi) is 2.96. The molecule has 1 aliphatic heterocycles. The second-order valence-corrected chi connectivity index (χ2v) is 5.13. The second-order valence-electron chi connectivity index (χ2n) is 4.48. The van der Waals surface area contributed by atoms with Crippen molar-refractivity contribution in [2.24, 2.45) is 5.92 Å². The van der Waals surface area contributed by atoms with Crippen molar-refractivity contribution in [3.05, 3.63) is 0 Å². The SMILES string of the molecule is CC(CBr)CN1CCOCC12CC2. The van der Waals surface area contributed by atoms with Crippen LogP contribution in [-0.4, -0.2) is 42.1 Å². The summed E-state index contributed by atoms with van der Waals surface area (Å²) >= 11 is 3.54. The molecule has 1 heterocycles. The van der Waals surface area contributed by atoms with E-state index in [4.69, 9.17) is 4.74 Å². The fourth-order valence-corrected chi connectivity index (χ4v) is 2.28. The summed E-state index contributed by atoms with van der Waals surface area (Å²) in [6, 6.07) is 0. The van der Waals surface area contributed by atoms with Crippen LogP contribution in [-0.2, 0) is 4.74 Å². The molecule has 0 aromatic rings. The number of alkyl halides is 1. The third-order valence-corrected chi connectivity index (χ3v) is 4.28. The van der Waals surface area contributed by atoms with Gasteiger partial charge in [0, 0.05) is 24.0 Å². The first-order valence-corrected chi connectivity index (χ1v) is 6.28. The van der Waals surface area contributed by atoms with Crippen LogP contribution in [0.3, 0.4) is 0 Å². The Morgan fingerprint density at radius 3 is 2.92 bits per heavy atom. The first-order chi connectivity index (χ1) is 6.27. The van der Waals surface area contributed by atoms with Crippen molar-refractivity contribution in [2.45, 2.75) is 25.3 Å². The molecule has 1 spiro atoms. The molecule has 1 atom stereocenters. The van der Waals surface area contributed by atoms with Gasteiger partial charge < -0.3 is 4.74 Å². The van der Waals surface area contributed by atoms with Gasteiger partial charge in [0.25, 0.3) is 0 Å². The lowest BCUT2D eigenvalue weighted by molar-refractivity contribution is -0.0247. The zero-order valence-corrected chi connectivity index (χ0v) is 9.85. The molecule has 3 heteroatoms. The molecule has 1 saturated carbocycles. The van der Waals surface area contributed by atoms with Crippen molar-refractivity contribution in [3.63, 3.8) is 0 Å². The van der Waals surface area contributed by atoms with Crippen molar-refractivity contribution < 1.29 is 4.74 Å². The van der Waals surface area contributed by atoms with E-state index in [-0.39, 0.29) is 0 Å². The largest absolute Gasteiger partial charge is 0.378 e. The van der Waals surface area contributed by atoms with Crippen molar-refractivity contribution in [1.82, 2.24) is 4.90 Å². The lowest BCUT2D eigenvalue weighted by Gasteiger charge is -2.37. The summed E-state index contributed by atoms with van der Waals surface area (Å²) in [5.41, 5.74) is 0.467. The second kappa shape index (κ2) is 3.87. The van der Waals surface area contributed by atoms with Gasteiger partial charge in [-0.2, -0.15) is 0 Å². The maximum absolute atomic E-state index is 5.54. The van der Waals surface area contributed by atoms with E-state index in [1.54, 1.807) is 0 Å². The molecule has 2 nitrogen and oxygen atoms in total. The maximum Gasteiger partial charge on any atom is 0.0651 e. The number of nitrogens with zero attached hydrogens (tertiary/aromatic N) is 1. The van der Waals surface area contributed by atoms with E-state index in [0.29, 0.717) is 5.54 Å². The molecule has 0 aromatic heterocycles. The van der Waals surface area contributed by atoms with E-state index in [0.717, 1.165) is 31.0 Å². The molecule has 76 valence electrons. The minimum Gasteiger partial charge on any atom is -0.378 e. The molecule has 0 aromatic carbocycles. The Bertz CT molecular complexity index is 182. The summed E-state index contributed by atoms with van der Waals surface area (Å²) in [4.78, 5) is 2.64. The third-order valence-electron chi connectivity index (χ3n) is 3.17. The van der Waals surface area contributed by atoms with E-state index < -0.39 is 0 Å². The molecule has 2 aliphatic rings. The van der Waals surface area contributed by atoms with E-state index in [2.05, 4.69) is 27.8 Å². The summed E-state index contributed by atoms with van der Waals surface area (Å²) in [6.07, 6.45) is 2.70. The zero-order valence-electron chi connectivity index (χ0n) is 8.26. The van der Waals surface area contributed by atoms with E-state index in [9.17, 15) is 0 Å². The monoisotopic (exact) mass is 247 g/mol. The molecule has 13 heavy (non-hydrogen) atoms. The number of rotatable bonds is 3. The smallest absolute Gasteiger partial charge is 0.0651 e. The predicted molar refractivity (Wildman–Crippen MR) is 57.3 cm³/mol. The number of hydrogen-bond acceptors (Lipinski definition) is 2. The topological polar surface area (TPSA) is 12.5 Å². The number of morpholine rings is 1. The average molecular weight is 248 g/mol. The molecule has 1 unspecified atom stereocenters. The highest BCUT2D eigenvalue weighted by atomic mass is 79.9. The molecule has 2 rings (SSSR count). The maximum atomic E-state index is 5.54. The van der Waals surface area contributed by atoms with Crippen molar-refractivity contribution in [2.75, 3.05) is 31.6 Å². The molecule has 0 radical (unpaired) electrons. The Balaban J connectivity index is 1.89. The van der Waals surface area contributed by atoms with Crippen molar-refractivity contribution in [1.29, 1.82) is 0 Å². The standard InChI is InChI=1S/C10H18BrNO/c1-9(6-11)7-12-4-5-13-8-10(12)2-3-10/h9H,2-8H2,1H3. The molecule has 0 N–H and O–H groups in total. The van der Waals surface area contributed by atoms with Crippen LogP contribution in [0.4, 0.5) is 0 Å². The lowest BCUT2D eigenvalue weighted by atomic mass is 10.1. The van der Waals surface area contributed by atoms with Crippen LogP contribution in [0.1, 0.15) is 19.8 Å². The minimum absolute atomic E-state index is 0.467. The normalized spacial score (nSPS) is 29.1. The first kappa shape index (κ1) is 9.94. The molecule has 1 saturated heterocycles. The Morgan fingerprint density at radius 2 is 2.31 bits per heavy atom. The highest BCUT2D eigenvalue weighted by Gasteiger charge is 2.49. The fraction of sp³-hybridized carbons (Fsp3) is 1.00. The Hall–Kier alpha value is 0.400. The molecule has 0 bridgehead atoms. The summed E-state index contributed by atoms with van der Waals surface area (Å²) in [5.74, 6) is 0.760. The molecular weight excluding hydrogens is 230 g/mol. The van der Waals surface area contributed by atoms with Crippen molar-refractivity contribution >= 4 is 15.9 Å². The van der Waals surface area contributed by atoms with Gasteiger partial charge in [-0.05, 0) is 18.8 Å². The van der Waals surface area contributed by atoms with Crippen LogP contribution in [0.15, 0.2) is 0 Å². The van der Waals surface area contributed by atoms with Gasteiger partial charge >= 0.3 is 0 Å². The van der Waals surface area contributed by atoms with E-state index in [1.165, 1.54) is 19.4 Å². The van der Waals surface area contributed by atoms with Gasteiger partial charge in [0.2, 0.25) is 0 Å². The Labute approximate surface area is 88.8 Å². The first-order valence-electron chi connectivity index (χ1n) is 5.16. The van der Waals surface area contributed by atoms with Crippen LogP contribution >= 0.6 is 15.9 Å². The van der Waals surface area contributed by atoms with Gasteiger partial charge in [-0.1, -0.05) is 22.9 Å². The molecule has 1 aliphatic carbocycles. The van der Waals surface area contributed by atoms with Crippen molar-refractivity contribution in [3.8, 4) is 0 Å². The third kappa shape index (κ3) is 2.08. The summed E-state index contributed by atoms with van der Waals surface area (Å²) in [5, 5.41) is 1.11. The van der Waals surface area contributed by atoms with Crippen LogP contribution in [0.5, 0.6) is 0 Å². The van der Waals surface area contributed by atoms with Crippen LogP contribution < -0.4 is 0 Å². The number of hydrogen-bond donors (Lipinski definition) is 0. The highest BCUT2D eigenvalue weighted by molar-refractivity contribution is 9.09. The van der Waals surface area contributed by atoms with Gasteiger partial charge in [0.1, 0.15) is 0 Å². The summed E-state index contributed by atoms with van der Waals surface area (Å²) < 4.78 is 5.54. The van der Waals surface area contributed by atoms with Gasteiger partial charge in [0.15, 0.2) is 0 Å². The highest BCUT2D eigenvalue weighted by Crippen LogP contribution is 2.43. The molecule has 0 amide bonds. The van der Waals surface area contributed by atoms with E-state index in [1.807, 2.05) is 0 Å². The van der Waals surface area contributed by atoms with E-state index >= 15 is 0 Å². The fourth-order valence-electron chi connectivity index (χ4n) is 2.08. The van der Waals surface area contributed by atoms with Crippen LogP contribution in [0.25, 0.3) is 0 Å². The molecule has 2 fully saturated rings. The minimum atomic E-state index is 0.467. The number of halogens is 1. The summed E-state index contributed by atoms with van der Waals surface area (Å²) in [6.45, 7) is 6.57. The molecular formula is C10H18BrNO. The van der Waals surface area contributed by atoms with Gasteiger partial charge in [-0.3, -0.25) is 4.90 Å². The lowest BCUT2D eigenvalue weighted by Crippen LogP contribution is -2.49. The van der Waals surface area contributed by atoms with Gasteiger partial charge in [-0.25, -0.2) is 0 Å². The number of ether oxygens (including phenoxy) is 1.